The SMILES string of the molecule is COCCCOc1cc2c(cc1Cl)-c1cc(=O)c(C(=O)O)cn1N1[C@@H]2CCCC1(C)C. The highest BCUT2D eigenvalue weighted by Crippen LogP contribution is 2.48. The molecule has 1 aromatic heterocycles. The normalized spacial score (nSPS) is 18.7. The van der Waals surface area contributed by atoms with E-state index in [1.165, 1.54) is 12.3 Å². The Morgan fingerprint density at radius 3 is 2.77 bits per heavy atom. The number of rotatable bonds is 6. The van der Waals surface area contributed by atoms with Gasteiger partial charge in [-0.2, -0.15) is 0 Å². The highest BCUT2D eigenvalue weighted by molar-refractivity contribution is 6.32. The zero-order valence-electron chi connectivity index (χ0n) is 18.0. The van der Waals surface area contributed by atoms with E-state index in [4.69, 9.17) is 21.1 Å². The second kappa shape index (κ2) is 8.20. The van der Waals surface area contributed by atoms with E-state index in [1.807, 2.05) is 16.8 Å². The minimum absolute atomic E-state index is 0.0222. The second-order valence-electron chi connectivity index (χ2n) is 8.72. The van der Waals surface area contributed by atoms with E-state index in [-0.39, 0.29) is 17.1 Å². The van der Waals surface area contributed by atoms with E-state index in [1.54, 1.807) is 7.11 Å². The molecule has 1 saturated heterocycles. The summed E-state index contributed by atoms with van der Waals surface area (Å²) < 4.78 is 12.8. The van der Waals surface area contributed by atoms with Gasteiger partial charge in [0.1, 0.15) is 11.3 Å². The Morgan fingerprint density at radius 1 is 1.29 bits per heavy atom. The van der Waals surface area contributed by atoms with Crippen molar-refractivity contribution in [2.24, 2.45) is 0 Å². The van der Waals surface area contributed by atoms with E-state index in [0.29, 0.717) is 29.7 Å². The molecule has 0 bridgehead atoms. The molecule has 0 aliphatic carbocycles. The van der Waals surface area contributed by atoms with E-state index in [2.05, 4.69) is 18.9 Å². The van der Waals surface area contributed by atoms with Crippen LogP contribution in [0.5, 0.6) is 5.75 Å². The van der Waals surface area contributed by atoms with Crippen LogP contribution in [0.2, 0.25) is 5.02 Å². The Kier molecular flexibility index (Phi) is 5.75. The van der Waals surface area contributed by atoms with Gasteiger partial charge in [0.2, 0.25) is 0 Å². The maximum Gasteiger partial charge on any atom is 0.341 e. The summed E-state index contributed by atoms with van der Waals surface area (Å²) in [5.74, 6) is -0.617. The Bertz CT molecular complexity index is 1080. The van der Waals surface area contributed by atoms with E-state index in [0.717, 1.165) is 36.8 Å². The lowest BCUT2D eigenvalue weighted by atomic mass is 9.82. The van der Waals surface area contributed by atoms with Crippen LogP contribution in [0, 0.1) is 0 Å². The van der Waals surface area contributed by atoms with Gasteiger partial charge in [-0.05, 0) is 50.8 Å². The predicted molar refractivity (Wildman–Crippen MR) is 119 cm³/mol. The highest BCUT2D eigenvalue weighted by atomic mass is 35.5. The molecular formula is C23H27ClN2O5. The fourth-order valence-electron chi connectivity index (χ4n) is 4.74. The molecule has 7 nitrogen and oxygen atoms in total. The van der Waals surface area contributed by atoms with Crippen LogP contribution in [-0.2, 0) is 4.74 Å². The fraction of sp³-hybridized carbons (Fsp3) is 0.478. The summed E-state index contributed by atoms with van der Waals surface area (Å²) in [6.45, 7) is 5.38. The van der Waals surface area contributed by atoms with Crippen molar-refractivity contribution in [3.63, 3.8) is 0 Å². The van der Waals surface area contributed by atoms with Crippen LogP contribution in [0.25, 0.3) is 11.3 Å². The molecule has 0 unspecified atom stereocenters. The number of ether oxygens (including phenoxy) is 2. The van der Waals surface area contributed by atoms with Crippen LogP contribution in [0.1, 0.15) is 61.5 Å². The van der Waals surface area contributed by atoms with Gasteiger partial charge in [0.05, 0.1) is 28.9 Å². The first-order valence-electron chi connectivity index (χ1n) is 10.5. The molecule has 31 heavy (non-hydrogen) atoms. The average molecular weight is 447 g/mol. The molecule has 2 aliphatic rings. The van der Waals surface area contributed by atoms with Crippen LogP contribution >= 0.6 is 11.6 Å². The first-order chi connectivity index (χ1) is 14.7. The van der Waals surface area contributed by atoms with Gasteiger partial charge < -0.3 is 14.6 Å². The van der Waals surface area contributed by atoms with Crippen LogP contribution in [0.4, 0.5) is 0 Å². The predicted octanol–water partition coefficient (Wildman–Crippen LogP) is 4.24. The van der Waals surface area contributed by atoms with Gasteiger partial charge in [0.15, 0.2) is 5.43 Å². The molecule has 1 fully saturated rings. The van der Waals surface area contributed by atoms with Crippen molar-refractivity contribution in [2.45, 2.75) is 51.1 Å². The molecule has 2 aliphatic heterocycles. The van der Waals surface area contributed by atoms with Gasteiger partial charge >= 0.3 is 5.97 Å². The lowest BCUT2D eigenvalue weighted by Crippen LogP contribution is -2.57. The molecule has 3 heterocycles. The summed E-state index contributed by atoms with van der Waals surface area (Å²) >= 11 is 6.54. The summed E-state index contributed by atoms with van der Waals surface area (Å²) in [4.78, 5) is 24.2. The van der Waals surface area contributed by atoms with Gasteiger partial charge in [0, 0.05) is 38.0 Å². The number of aromatic nitrogens is 1. The number of hydrogen-bond donors (Lipinski definition) is 1. The molecule has 0 radical (unpaired) electrons. The third-order valence-electron chi connectivity index (χ3n) is 6.16. The number of carboxylic acids is 1. The number of benzene rings is 1. The number of carbonyl (C=O) groups is 1. The molecule has 1 atom stereocenters. The maximum atomic E-state index is 12.5. The molecule has 1 aromatic carbocycles. The lowest BCUT2D eigenvalue weighted by Gasteiger charge is -2.53. The zero-order chi connectivity index (χ0) is 22.3. The van der Waals surface area contributed by atoms with Crippen molar-refractivity contribution in [2.75, 3.05) is 25.3 Å². The van der Waals surface area contributed by atoms with Crippen LogP contribution in [0.15, 0.2) is 29.2 Å². The van der Waals surface area contributed by atoms with Crippen LogP contribution in [0.3, 0.4) is 0 Å². The molecule has 166 valence electrons. The summed E-state index contributed by atoms with van der Waals surface area (Å²) in [7, 11) is 1.65. The molecule has 1 N–H and O–H groups in total. The van der Waals surface area contributed by atoms with Gasteiger partial charge in [-0.1, -0.05) is 11.6 Å². The topological polar surface area (TPSA) is 81.0 Å². The molecule has 2 aromatic rings. The first-order valence-corrected chi connectivity index (χ1v) is 10.9. The molecule has 4 rings (SSSR count). The van der Waals surface area contributed by atoms with E-state index < -0.39 is 11.4 Å². The van der Waals surface area contributed by atoms with Crippen LogP contribution in [-0.4, -0.2) is 41.6 Å². The Labute approximate surface area is 186 Å². The van der Waals surface area contributed by atoms with Crippen molar-refractivity contribution >= 4 is 17.6 Å². The standard InChI is InChI=1S/C23H27ClN2O5/c1-23(2)7-4-6-18-15-11-21(31-9-5-8-30-3)17(24)10-14(15)19-12-20(27)16(22(28)29)13-25(19)26(18)23/h10-13,18H,4-9H2,1-3H3,(H,28,29)/t18-/m1/s1. The van der Waals surface area contributed by atoms with Crippen molar-refractivity contribution in [3.8, 4) is 17.0 Å². The van der Waals surface area contributed by atoms with Crippen molar-refractivity contribution in [1.29, 1.82) is 0 Å². The Morgan fingerprint density at radius 2 is 2.06 bits per heavy atom. The summed E-state index contributed by atoms with van der Waals surface area (Å²) in [5, 5.41) is 12.2. The number of halogens is 1. The van der Waals surface area contributed by atoms with Gasteiger partial charge in [-0.25, -0.2) is 4.79 Å². The molecule has 0 spiro atoms. The Balaban J connectivity index is 1.88. The number of pyridine rings is 1. The average Bonchev–Trinajstić information content (AvgIpc) is 2.71. The van der Waals surface area contributed by atoms with E-state index in [9.17, 15) is 14.7 Å². The van der Waals surface area contributed by atoms with Crippen molar-refractivity contribution in [3.05, 3.63) is 50.8 Å². The second-order valence-corrected chi connectivity index (χ2v) is 9.12. The number of piperidine rings is 1. The number of methoxy groups -OCH3 is 1. The third-order valence-corrected chi connectivity index (χ3v) is 6.46. The van der Waals surface area contributed by atoms with Crippen molar-refractivity contribution < 1.29 is 19.4 Å². The maximum absolute atomic E-state index is 12.5. The summed E-state index contributed by atoms with van der Waals surface area (Å²) in [6, 6.07) is 5.23. The quantitative estimate of drug-likeness (QED) is 0.668. The number of nitrogens with zero attached hydrogens (tertiary/aromatic N) is 2. The zero-order valence-corrected chi connectivity index (χ0v) is 18.7. The fourth-order valence-corrected chi connectivity index (χ4v) is 4.96. The number of hydrogen-bond acceptors (Lipinski definition) is 5. The number of aromatic carboxylic acids is 1. The highest BCUT2D eigenvalue weighted by Gasteiger charge is 2.42. The van der Waals surface area contributed by atoms with Gasteiger partial charge in [-0.3, -0.25) is 14.5 Å². The molecule has 0 amide bonds. The molecule has 8 heteroatoms. The van der Waals surface area contributed by atoms with Crippen molar-refractivity contribution in [1.82, 2.24) is 4.68 Å². The van der Waals surface area contributed by atoms with Gasteiger partial charge in [0.25, 0.3) is 0 Å². The molecule has 0 saturated carbocycles. The third kappa shape index (κ3) is 3.81. The minimum atomic E-state index is -1.23. The van der Waals surface area contributed by atoms with Crippen LogP contribution < -0.4 is 15.2 Å². The summed E-state index contributed by atoms with van der Waals surface area (Å²) in [5.41, 5.74) is 1.54. The summed E-state index contributed by atoms with van der Waals surface area (Å²) in [6.07, 6.45) is 5.12. The lowest BCUT2D eigenvalue weighted by molar-refractivity contribution is 0.0694. The van der Waals surface area contributed by atoms with E-state index >= 15 is 0 Å². The smallest absolute Gasteiger partial charge is 0.341 e. The number of fused-ring (bicyclic) bond motifs is 6. The van der Waals surface area contributed by atoms with Gasteiger partial charge in [-0.15, -0.1) is 0 Å². The minimum Gasteiger partial charge on any atom is -0.492 e. The molecular weight excluding hydrogens is 420 g/mol. The number of carboxylic acid groups (broad SMARTS) is 1. The first kappa shape index (κ1) is 21.7. The monoisotopic (exact) mass is 446 g/mol. The largest absolute Gasteiger partial charge is 0.492 e. The Hall–Kier alpha value is -2.51.